The molecule has 13 heavy (non-hydrogen) atoms. The monoisotopic (exact) mass is 178 g/mol. The highest BCUT2D eigenvalue weighted by Crippen LogP contribution is 2.20. The van der Waals surface area contributed by atoms with Crippen LogP contribution in [0.3, 0.4) is 0 Å². The molecule has 4 N–H and O–H groups in total. The van der Waals surface area contributed by atoms with E-state index in [0.29, 0.717) is 0 Å². The Morgan fingerprint density at radius 3 is 2.31 bits per heavy atom. The summed E-state index contributed by atoms with van der Waals surface area (Å²) in [6.45, 7) is 4.12. The van der Waals surface area contributed by atoms with Crippen LogP contribution in [-0.4, -0.2) is 0 Å². The minimum absolute atomic E-state index is 0.674. The van der Waals surface area contributed by atoms with Gasteiger partial charge in [-0.3, -0.25) is 0 Å². The molecule has 1 rings (SSSR count). The Balaban J connectivity index is 3.12. The Bertz CT molecular complexity index is 279. The molecule has 0 amide bonds. The first-order valence-corrected chi connectivity index (χ1v) is 4.78. The third-order valence-electron chi connectivity index (χ3n) is 2.48. The predicted molar refractivity (Wildman–Crippen MR) is 56.2 cm³/mol. The van der Waals surface area contributed by atoms with Crippen LogP contribution in [0, 0.1) is 0 Å². The average Bonchev–Trinajstić information content (AvgIpc) is 2.18. The molecule has 0 radical (unpaired) electrons. The largest absolute Gasteiger partial charge is 0.310 e. The van der Waals surface area contributed by atoms with Crippen LogP contribution in [0.4, 0.5) is 0 Å². The predicted octanol–water partition coefficient (Wildman–Crippen LogP) is 1.73. The molecule has 0 atom stereocenters. The fourth-order valence-corrected chi connectivity index (χ4v) is 1.47. The Morgan fingerprint density at radius 1 is 1.15 bits per heavy atom. The second kappa shape index (κ2) is 3.90. The van der Waals surface area contributed by atoms with Gasteiger partial charge in [-0.1, -0.05) is 38.1 Å². The van der Waals surface area contributed by atoms with Crippen molar-refractivity contribution in [1.82, 2.24) is 0 Å². The zero-order chi connectivity index (χ0) is 9.90. The molecule has 0 aliphatic rings. The first kappa shape index (κ1) is 10.2. The summed E-state index contributed by atoms with van der Waals surface area (Å²) >= 11 is 0. The second-order valence-electron chi connectivity index (χ2n) is 3.40. The van der Waals surface area contributed by atoms with Gasteiger partial charge in [-0.2, -0.15) is 0 Å². The number of hydrogen-bond acceptors (Lipinski definition) is 2. The van der Waals surface area contributed by atoms with E-state index in [0.717, 1.165) is 18.4 Å². The van der Waals surface area contributed by atoms with Crippen molar-refractivity contribution in [3.05, 3.63) is 35.4 Å². The van der Waals surface area contributed by atoms with Crippen molar-refractivity contribution in [2.45, 2.75) is 32.4 Å². The van der Waals surface area contributed by atoms with Crippen molar-refractivity contribution >= 4 is 0 Å². The molecule has 0 bridgehead atoms. The first-order valence-electron chi connectivity index (χ1n) is 4.78. The maximum Gasteiger partial charge on any atom is 0.0899 e. The molecule has 1 aromatic carbocycles. The van der Waals surface area contributed by atoms with Gasteiger partial charge in [0, 0.05) is 0 Å². The zero-order valence-corrected chi connectivity index (χ0v) is 8.38. The van der Waals surface area contributed by atoms with Crippen molar-refractivity contribution in [2.24, 2.45) is 11.5 Å². The molecular weight excluding hydrogens is 160 g/mol. The van der Waals surface area contributed by atoms with E-state index < -0.39 is 5.66 Å². The van der Waals surface area contributed by atoms with Gasteiger partial charge in [-0.05, 0) is 24.0 Å². The molecule has 0 aliphatic carbocycles. The number of nitrogens with two attached hydrogens (primary N) is 2. The number of rotatable bonds is 3. The molecule has 0 spiro atoms. The zero-order valence-electron chi connectivity index (χ0n) is 8.38. The number of benzene rings is 1. The van der Waals surface area contributed by atoms with Gasteiger partial charge in [0.15, 0.2) is 0 Å². The molecule has 0 saturated heterocycles. The summed E-state index contributed by atoms with van der Waals surface area (Å²) in [5, 5.41) is 0. The lowest BCUT2D eigenvalue weighted by Crippen LogP contribution is -2.46. The van der Waals surface area contributed by atoms with Crippen LogP contribution in [0.25, 0.3) is 0 Å². The molecule has 1 aromatic rings. The fourth-order valence-electron chi connectivity index (χ4n) is 1.47. The average molecular weight is 178 g/mol. The molecule has 0 unspecified atom stereocenters. The lowest BCUT2D eigenvalue weighted by atomic mass is 9.92. The molecule has 72 valence electrons. The van der Waals surface area contributed by atoms with Gasteiger partial charge in [-0.15, -0.1) is 0 Å². The van der Waals surface area contributed by atoms with E-state index in [1.165, 1.54) is 5.56 Å². The van der Waals surface area contributed by atoms with Crippen LogP contribution in [0.5, 0.6) is 0 Å². The topological polar surface area (TPSA) is 52.0 Å². The maximum atomic E-state index is 5.99. The number of aryl methyl sites for hydroxylation is 1. The minimum atomic E-state index is -0.674. The van der Waals surface area contributed by atoms with Gasteiger partial charge in [0.25, 0.3) is 0 Å². The first-order chi connectivity index (χ1) is 6.11. The molecule has 2 nitrogen and oxygen atoms in total. The van der Waals surface area contributed by atoms with Gasteiger partial charge in [0.05, 0.1) is 5.66 Å². The molecule has 0 saturated carbocycles. The molecule has 0 heterocycles. The van der Waals surface area contributed by atoms with E-state index >= 15 is 0 Å². The third kappa shape index (κ3) is 2.08. The highest BCUT2D eigenvalue weighted by Gasteiger charge is 2.21. The van der Waals surface area contributed by atoms with Gasteiger partial charge < -0.3 is 11.5 Å². The summed E-state index contributed by atoms with van der Waals surface area (Å²) in [6, 6.07) is 8.11. The standard InChI is InChI=1S/C11H18N2/c1-3-9-7-5-6-8-10(9)11(12,13)4-2/h5-8H,3-4,12-13H2,1-2H3. The normalized spacial score (nSPS) is 11.7. The van der Waals surface area contributed by atoms with Crippen molar-refractivity contribution in [3.8, 4) is 0 Å². The summed E-state index contributed by atoms with van der Waals surface area (Å²) in [4.78, 5) is 0. The van der Waals surface area contributed by atoms with Crippen LogP contribution in [-0.2, 0) is 12.1 Å². The number of hydrogen-bond donors (Lipinski definition) is 2. The van der Waals surface area contributed by atoms with Crippen LogP contribution >= 0.6 is 0 Å². The van der Waals surface area contributed by atoms with Crippen molar-refractivity contribution in [1.29, 1.82) is 0 Å². The van der Waals surface area contributed by atoms with E-state index in [9.17, 15) is 0 Å². The lowest BCUT2D eigenvalue weighted by molar-refractivity contribution is 0.444. The fraction of sp³-hybridized carbons (Fsp3) is 0.455. The van der Waals surface area contributed by atoms with Crippen LogP contribution < -0.4 is 11.5 Å². The molecule has 0 aromatic heterocycles. The SMILES string of the molecule is CCc1ccccc1C(N)(N)CC. The van der Waals surface area contributed by atoms with E-state index in [1.807, 2.05) is 25.1 Å². The van der Waals surface area contributed by atoms with Crippen LogP contribution in [0.2, 0.25) is 0 Å². The Morgan fingerprint density at radius 2 is 1.77 bits per heavy atom. The summed E-state index contributed by atoms with van der Waals surface area (Å²) in [6.07, 6.45) is 1.73. The minimum Gasteiger partial charge on any atom is -0.310 e. The second-order valence-corrected chi connectivity index (χ2v) is 3.40. The Kier molecular flexibility index (Phi) is 3.07. The Labute approximate surface area is 79.9 Å². The van der Waals surface area contributed by atoms with Gasteiger partial charge in [0.2, 0.25) is 0 Å². The summed E-state index contributed by atoms with van der Waals surface area (Å²) in [5.74, 6) is 0. The summed E-state index contributed by atoms with van der Waals surface area (Å²) in [7, 11) is 0. The summed E-state index contributed by atoms with van der Waals surface area (Å²) in [5.41, 5.74) is 13.6. The van der Waals surface area contributed by atoms with Gasteiger partial charge >= 0.3 is 0 Å². The third-order valence-corrected chi connectivity index (χ3v) is 2.48. The van der Waals surface area contributed by atoms with Gasteiger partial charge in [0.1, 0.15) is 0 Å². The smallest absolute Gasteiger partial charge is 0.0899 e. The summed E-state index contributed by atoms with van der Waals surface area (Å²) < 4.78 is 0. The quantitative estimate of drug-likeness (QED) is 0.692. The Hall–Kier alpha value is -0.860. The van der Waals surface area contributed by atoms with Crippen molar-refractivity contribution in [3.63, 3.8) is 0 Å². The highest BCUT2D eigenvalue weighted by atomic mass is 14.9. The van der Waals surface area contributed by atoms with E-state index in [2.05, 4.69) is 13.0 Å². The lowest BCUT2D eigenvalue weighted by Gasteiger charge is -2.25. The molecule has 2 heteroatoms. The van der Waals surface area contributed by atoms with Gasteiger partial charge in [-0.25, -0.2) is 0 Å². The maximum absolute atomic E-state index is 5.99. The van der Waals surface area contributed by atoms with Crippen LogP contribution in [0.15, 0.2) is 24.3 Å². The van der Waals surface area contributed by atoms with Crippen molar-refractivity contribution in [2.75, 3.05) is 0 Å². The molecule has 0 aliphatic heterocycles. The molecule has 0 fully saturated rings. The van der Waals surface area contributed by atoms with E-state index in [1.54, 1.807) is 0 Å². The van der Waals surface area contributed by atoms with E-state index in [4.69, 9.17) is 11.5 Å². The van der Waals surface area contributed by atoms with E-state index in [-0.39, 0.29) is 0 Å². The van der Waals surface area contributed by atoms with Crippen LogP contribution in [0.1, 0.15) is 31.4 Å². The highest BCUT2D eigenvalue weighted by molar-refractivity contribution is 5.32. The van der Waals surface area contributed by atoms with Crippen molar-refractivity contribution < 1.29 is 0 Å². The molecular formula is C11H18N2.